The van der Waals surface area contributed by atoms with Gasteiger partial charge in [0.15, 0.2) is 0 Å². The van der Waals surface area contributed by atoms with Crippen molar-refractivity contribution >= 4 is 28.3 Å². The second-order valence-corrected chi connectivity index (χ2v) is 11.5. The normalized spacial score (nSPS) is 21.0. The molecule has 1 amide bonds. The Morgan fingerprint density at radius 3 is 2.70 bits per heavy atom. The maximum absolute atomic E-state index is 15.5. The number of carbonyl (C=O) groups is 1. The number of nitrogens with one attached hydrogen (secondary N) is 3. The molecule has 7 rings (SSSR count). The third kappa shape index (κ3) is 5.46. The fourth-order valence-corrected chi connectivity index (χ4v) is 5.98. The van der Waals surface area contributed by atoms with Gasteiger partial charge in [-0.15, -0.1) is 0 Å². The van der Waals surface area contributed by atoms with Gasteiger partial charge in [0.05, 0.1) is 17.2 Å². The Hall–Kier alpha value is -4.89. The molecular weight excluding hydrogens is 555 g/mol. The summed E-state index contributed by atoms with van der Waals surface area (Å²) in [6, 6.07) is 24.3. The molecule has 3 N–H and O–H groups in total. The molecule has 2 aromatic heterocycles. The van der Waals surface area contributed by atoms with E-state index in [1.165, 1.54) is 0 Å². The van der Waals surface area contributed by atoms with Crippen molar-refractivity contribution in [2.45, 2.75) is 37.9 Å². The van der Waals surface area contributed by atoms with Gasteiger partial charge < -0.3 is 20.7 Å². The van der Waals surface area contributed by atoms with Crippen LogP contribution in [0, 0.1) is 12.8 Å². The maximum Gasteiger partial charge on any atom is 0.231 e. The van der Waals surface area contributed by atoms with E-state index in [4.69, 9.17) is 9.72 Å². The van der Waals surface area contributed by atoms with E-state index in [9.17, 15) is 4.79 Å². The first-order valence-corrected chi connectivity index (χ1v) is 15.0. The maximum atomic E-state index is 15.5. The molecule has 0 bridgehead atoms. The fourth-order valence-electron chi connectivity index (χ4n) is 5.98. The Labute approximate surface area is 255 Å². The number of alkyl halides is 1. The Kier molecular flexibility index (Phi) is 7.39. The number of fused-ring (bicyclic) bond motifs is 1. The smallest absolute Gasteiger partial charge is 0.231 e. The summed E-state index contributed by atoms with van der Waals surface area (Å²) in [5, 5.41) is 11.4. The number of pyridine rings is 1. The monoisotopic (exact) mass is 588 g/mol. The minimum absolute atomic E-state index is 0.168. The third-order valence-corrected chi connectivity index (χ3v) is 8.46. The molecule has 222 valence electrons. The lowest BCUT2D eigenvalue weighted by Gasteiger charge is -2.23. The van der Waals surface area contributed by atoms with Gasteiger partial charge in [0.25, 0.3) is 0 Å². The van der Waals surface area contributed by atoms with Crippen LogP contribution in [0.5, 0.6) is 11.6 Å². The van der Waals surface area contributed by atoms with E-state index in [-0.39, 0.29) is 18.4 Å². The molecule has 0 radical (unpaired) electrons. The first-order chi connectivity index (χ1) is 21.5. The molecule has 2 aliphatic rings. The van der Waals surface area contributed by atoms with Crippen LogP contribution in [0.2, 0.25) is 0 Å². The molecule has 1 saturated carbocycles. The molecule has 1 aliphatic carbocycles. The van der Waals surface area contributed by atoms with Gasteiger partial charge in [-0.05, 0) is 61.7 Å². The lowest BCUT2D eigenvalue weighted by Crippen LogP contribution is -2.38. The zero-order valence-electron chi connectivity index (χ0n) is 24.4. The second kappa shape index (κ2) is 11.7. The molecule has 1 saturated heterocycles. The number of ether oxygens (including phenoxy) is 1. The molecule has 3 unspecified atom stereocenters. The Balaban J connectivity index is 1.16. The summed E-state index contributed by atoms with van der Waals surface area (Å²) in [7, 11) is 0. The quantitative estimate of drug-likeness (QED) is 0.184. The number of benzene rings is 3. The van der Waals surface area contributed by atoms with E-state index in [2.05, 4.69) is 25.9 Å². The number of nitrogens with zero attached hydrogens (tertiary/aromatic N) is 3. The van der Waals surface area contributed by atoms with Crippen LogP contribution in [0.3, 0.4) is 0 Å². The summed E-state index contributed by atoms with van der Waals surface area (Å²) in [4.78, 5) is 27.0. The van der Waals surface area contributed by atoms with E-state index in [0.29, 0.717) is 34.5 Å². The highest BCUT2D eigenvalue weighted by Crippen LogP contribution is 2.56. The minimum Gasteiger partial charge on any atom is -0.437 e. The SMILES string of the molecule is Cc1ccc2c(NC(=O)C3CC3(F)c3ccccc3)cccc2c1Oc1ncccc1-c1ccnc(NC2CCCNC2)n1. The van der Waals surface area contributed by atoms with Crippen LogP contribution < -0.4 is 20.7 Å². The van der Waals surface area contributed by atoms with Gasteiger partial charge in [0.2, 0.25) is 17.7 Å². The summed E-state index contributed by atoms with van der Waals surface area (Å²) < 4.78 is 22.1. The zero-order chi connectivity index (χ0) is 30.1. The highest BCUT2D eigenvalue weighted by atomic mass is 19.1. The summed E-state index contributed by atoms with van der Waals surface area (Å²) in [5.74, 6) is 0.516. The molecule has 9 heteroatoms. The Morgan fingerprint density at radius 1 is 0.977 bits per heavy atom. The number of aromatic nitrogens is 3. The molecule has 5 aromatic rings. The van der Waals surface area contributed by atoms with Crippen LogP contribution >= 0.6 is 0 Å². The number of anilines is 2. The number of piperidine rings is 1. The van der Waals surface area contributed by atoms with Crippen LogP contribution in [-0.4, -0.2) is 40.0 Å². The lowest BCUT2D eigenvalue weighted by molar-refractivity contribution is -0.118. The second-order valence-electron chi connectivity index (χ2n) is 11.5. The zero-order valence-corrected chi connectivity index (χ0v) is 24.4. The predicted molar refractivity (Wildman–Crippen MR) is 170 cm³/mol. The van der Waals surface area contributed by atoms with Gasteiger partial charge >= 0.3 is 0 Å². The van der Waals surface area contributed by atoms with E-state index in [1.807, 2.05) is 61.5 Å². The number of halogens is 1. The van der Waals surface area contributed by atoms with Gasteiger partial charge in [0.1, 0.15) is 11.4 Å². The highest BCUT2D eigenvalue weighted by Gasteiger charge is 2.60. The first kappa shape index (κ1) is 27.9. The number of rotatable bonds is 8. The summed E-state index contributed by atoms with van der Waals surface area (Å²) in [6.45, 7) is 3.87. The molecule has 3 heterocycles. The molecule has 1 aliphatic heterocycles. The summed E-state index contributed by atoms with van der Waals surface area (Å²) in [5.41, 5.74) is 1.83. The summed E-state index contributed by atoms with van der Waals surface area (Å²) in [6.07, 6.45) is 5.76. The van der Waals surface area contributed by atoms with Crippen molar-refractivity contribution in [2.24, 2.45) is 5.92 Å². The number of aryl methyl sites for hydroxylation is 1. The van der Waals surface area contributed by atoms with Crippen molar-refractivity contribution in [2.75, 3.05) is 23.7 Å². The highest BCUT2D eigenvalue weighted by molar-refractivity contribution is 6.06. The number of hydrogen-bond acceptors (Lipinski definition) is 7. The molecule has 3 atom stereocenters. The van der Waals surface area contributed by atoms with Crippen molar-refractivity contribution in [1.82, 2.24) is 20.3 Å². The fraction of sp³-hybridized carbons (Fsp3) is 0.257. The molecule has 0 spiro atoms. The van der Waals surface area contributed by atoms with Crippen molar-refractivity contribution in [3.05, 3.63) is 102 Å². The average Bonchev–Trinajstić information content (AvgIpc) is 3.76. The number of hydrogen-bond donors (Lipinski definition) is 3. The number of amides is 1. The van der Waals surface area contributed by atoms with Crippen LogP contribution in [-0.2, 0) is 10.5 Å². The average molecular weight is 589 g/mol. The van der Waals surface area contributed by atoms with E-state index in [1.54, 1.807) is 36.7 Å². The number of carbonyl (C=O) groups excluding carboxylic acids is 1. The Bertz CT molecular complexity index is 1830. The van der Waals surface area contributed by atoms with E-state index in [0.717, 1.165) is 47.8 Å². The lowest BCUT2D eigenvalue weighted by atomic mass is 10.0. The van der Waals surface area contributed by atoms with Crippen molar-refractivity contribution in [3.8, 4) is 22.9 Å². The molecule has 44 heavy (non-hydrogen) atoms. The molecule has 8 nitrogen and oxygen atoms in total. The minimum atomic E-state index is -1.64. The topological polar surface area (TPSA) is 101 Å². The van der Waals surface area contributed by atoms with Crippen LogP contribution in [0.25, 0.3) is 22.0 Å². The van der Waals surface area contributed by atoms with Crippen molar-refractivity contribution < 1.29 is 13.9 Å². The third-order valence-electron chi connectivity index (χ3n) is 8.46. The van der Waals surface area contributed by atoms with Gasteiger partial charge in [-0.1, -0.05) is 54.6 Å². The predicted octanol–water partition coefficient (Wildman–Crippen LogP) is 6.78. The van der Waals surface area contributed by atoms with Crippen LogP contribution in [0.4, 0.5) is 16.0 Å². The van der Waals surface area contributed by atoms with Crippen molar-refractivity contribution in [3.63, 3.8) is 0 Å². The van der Waals surface area contributed by atoms with Gasteiger partial charge in [-0.25, -0.2) is 19.3 Å². The van der Waals surface area contributed by atoms with Crippen LogP contribution in [0.1, 0.15) is 30.4 Å². The molecular formula is C35H33FN6O2. The molecule has 2 fully saturated rings. The van der Waals surface area contributed by atoms with E-state index >= 15 is 4.39 Å². The van der Waals surface area contributed by atoms with E-state index < -0.39 is 11.6 Å². The standard InChI is InChI=1S/C35H33FN6O2/c1-22-14-15-25-26(11-5-13-29(25)41-32(43)28-20-35(28,36)23-8-3-2-4-9-23)31(22)44-33-27(12-7-18-38-33)30-16-19-39-34(42-30)40-24-10-6-17-37-21-24/h2-5,7-9,11-16,18-19,24,28,37H,6,10,17,20-21H2,1H3,(H,41,43)(H,39,40,42). The van der Waals surface area contributed by atoms with Gasteiger partial charge in [0, 0.05) is 47.9 Å². The molecule has 3 aromatic carbocycles. The van der Waals surface area contributed by atoms with Gasteiger partial charge in [-0.3, -0.25) is 4.79 Å². The van der Waals surface area contributed by atoms with Gasteiger partial charge in [-0.2, -0.15) is 0 Å². The summed E-state index contributed by atoms with van der Waals surface area (Å²) >= 11 is 0. The largest absolute Gasteiger partial charge is 0.437 e. The van der Waals surface area contributed by atoms with Crippen molar-refractivity contribution in [1.29, 1.82) is 0 Å². The first-order valence-electron chi connectivity index (χ1n) is 15.0. The Morgan fingerprint density at radius 2 is 1.86 bits per heavy atom. The van der Waals surface area contributed by atoms with Crippen LogP contribution in [0.15, 0.2) is 91.3 Å².